The average Bonchev–Trinajstić information content (AvgIpc) is 2.96. The third-order valence-electron chi connectivity index (χ3n) is 3.49. The van der Waals surface area contributed by atoms with E-state index in [2.05, 4.69) is 10.3 Å². The van der Waals surface area contributed by atoms with Crippen LogP contribution in [0.4, 0.5) is 5.69 Å². The minimum Gasteiger partial charge on any atom is -0.465 e. The Morgan fingerprint density at radius 3 is 3.00 bits per heavy atom. The van der Waals surface area contributed by atoms with Gasteiger partial charge in [-0.15, -0.1) is 0 Å². The van der Waals surface area contributed by atoms with Gasteiger partial charge in [-0.05, 0) is 43.2 Å². The molecule has 108 valence electrons. The highest BCUT2D eigenvalue weighted by Gasteiger charge is 2.19. The maximum atomic E-state index is 11.9. The Balaban J connectivity index is 1.95. The van der Waals surface area contributed by atoms with Crippen molar-refractivity contribution in [3.8, 4) is 0 Å². The van der Waals surface area contributed by atoms with Crippen molar-refractivity contribution >= 4 is 34.2 Å². The van der Waals surface area contributed by atoms with Crippen LogP contribution in [-0.4, -0.2) is 18.1 Å². The minimum atomic E-state index is -0.377. The van der Waals surface area contributed by atoms with E-state index < -0.39 is 0 Å². The van der Waals surface area contributed by atoms with E-state index in [0.717, 1.165) is 28.7 Å². The number of ether oxygens (including phenoxy) is 1. The quantitative estimate of drug-likeness (QED) is 0.845. The fourth-order valence-electron chi connectivity index (χ4n) is 2.42. The van der Waals surface area contributed by atoms with Crippen molar-refractivity contribution in [2.75, 3.05) is 12.4 Å². The van der Waals surface area contributed by atoms with Gasteiger partial charge in [0, 0.05) is 33.5 Å². The van der Waals surface area contributed by atoms with Gasteiger partial charge in [0.15, 0.2) is 0 Å². The predicted octanol–water partition coefficient (Wildman–Crippen LogP) is 3.92. The Bertz CT molecular complexity index is 758. The summed E-state index contributed by atoms with van der Waals surface area (Å²) < 4.78 is 4.82. The van der Waals surface area contributed by atoms with Crippen molar-refractivity contribution in [1.82, 2.24) is 4.98 Å². The lowest BCUT2D eigenvalue weighted by Crippen LogP contribution is -2.14. The summed E-state index contributed by atoms with van der Waals surface area (Å²) in [5, 5.41) is 5.09. The molecule has 21 heavy (non-hydrogen) atoms. The van der Waals surface area contributed by atoms with Gasteiger partial charge >= 0.3 is 5.97 Å². The largest absolute Gasteiger partial charge is 0.465 e. The molecule has 2 N–H and O–H groups in total. The Labute approximate surface area is 127 Å². The second kappa shape index (κ2) is 5.66. The molecular weight excluding hydrogens is 288 g/mol. The van der Waals surface area contributed by atoms with Gasteiger partial charge in [-0.3, -0.25) is 0 Å². The number of nitrogens with one attached hydrogen (secondary N) is 2. The third kappa shape index (κ3) is 2.81. The van der Waals surface area contributed by atoms with E-state index in [1.54, 1.807) is 6.08 Å². The van der Waals surface area contributed by atoms with Crippen LogP contribution in [0.25, 0.3) is 10.9 Å². The molecule has 0 amide bonds. The molecule has 1 aromatic heterocycles. The molecule has 0 saturated heterocycles. The fraction of sp³-hybridized carbons (Fsp3) is 0.188. The molecule has 1 aliphatic carbocycles. The normalized spacial score (nSPS) is 15.0. The van der Waals surface area contributed by atoms with Crippen LogP contribution in [0.5, 0.6) is 0 Å². The fourth-order valence-corrected chi connectivity index (χ4v) is 2.63. The first-order valence-electron chi connectivity index (χ1n) is 6.69. The van der Waals surface area contributed by atoms with E-state index in [9.17, 15) is 4.79 Å². The number of halogens is 1. The number of carbonyl (C=O) groups is 1. The zero-order valence-corrected chi connectivity index (χ0v) is 12.3. The van der Waals surface area contributed by atoms with E-state index in [1.165, 1.54) is 7.11 Å². The maximum Gasteiger partial charge on any atom is 0.339 e. The van der Waals surface area contributed by atoms with Crippen LogP contribution in [-0.2, 0) is 9.53 Å². The SMILES string of the molecule is COC(=O)C1=C(Nc2ccc3[nH]ccc3c2)CCC(Cl)=C1. The highest BCUT2D eigenvalue weighted by atomic mass is 35.5. The van der Waals surface area contributed by atoms with Gasteiger partial charge in [-0.1, -0.05) is 11.6 Å². The van der Waals surface area contributed by atoms with Crippen LogP contribution < -0.4 is 5.32 Å². The summed E-state index contributed by atoms with van der Waals surface area (Å²) in [5.41, 5.74) is 3.34. The van der Waals surface area contributed by atoms with Crippen molar-refractivity contribution in [2.45, 2.75) is 12.8 Å². The zero-order chi connectivity index (χ0) is 14.8. The summed E-state index contributed by atoms with van der Waals surface area (Å²) in [5.74, 6) is -0.377. The van der Waals surface area contributed by atoms with Gasteiger partial charge < -0.3 is 15.0 Å². The number of hydrogen-bond donors (Lipinski definition) is 2. The summed E-state index contributed by atoms with van der Waals surface area (Å²) in [7, 11) is 1.37. The highest BCUT2D eigenvalue weighted by molar-refractivity contribution is 6.30. The number of carbonyl (C=O) groups excluding carboxylic acids is 1. The smallest absolute Gasteiger partial charge is 0.339 e. The van der Waals surface area contributed by atoms with Gasteiger partial charge in [0.2, 0.25) is 0 Å². The Hall–Kier alpha value is -2.20. The van der Waals surface area contributed by atoms with Crippen LogP contribution in [0.3, 0.4) is 0 Å². The van der Waals surface area contributed by atoms with E-state index >= 15 is 0 Å². The van der Waals surface area contributed by atoms with Crippen molar-refractivity contribution in [1.29, 1.82) is 0 Å². The number of benzene rings is 1. The number of allylic oxidation sites excluding steroid dienone is 2. The molecule has 4 nitrogen and oxygen atoms in total. The Morgan fingerprint density at radius 2 is 2.19 bits per heavy atom. The van der Waals surface area contributed by atoms with Gasteiger partial charge in [-0.2, -0.15) is 0 Å². The summed E-state index contributed by atoms with van der Waals surface area (Å²) >= 11 is 6.03. The Morgan fingerprint density at radius 1 is 1.33 bits per heavy atom. The van der Waals surface area contributed by atoms with Crippen molar-refractivity contribution in [3.63, 3.8) is 0 Å². The van der Waals surface area contributed by atoms with Crippen molar-refractivity contribution in [2.24, 2.45) is 0 Å². The van der Waals surface area contributed by atoms with E-state index in [-0.39, 0.29) is 5.97 Å². The molecule has 1 aromatic carbocycles. The lowest BCUT2D eigenvalue weighted by atomic mass is 10.0. The van der Waals surface area contributed by atoms with Crippen LogP contribution in [0.15, 0.2) is 52.8 Å². The number of methoxy groups -OCH3 is 1. The summed E-state index contributed by atoms with van der Waals surface area (Å²) in [4.78, 5) is 15.0. The lowest BCUT2D eigenvalue weighted by molar-refractivity contribution is -0.135. The molecule has 0 saturated carbocycles. The van der Waals surface area contributed by atoms with Gasteiger partial charge in [0.25, 0.3) is 0 Å². The molecule has 0 radical (unpaired) electrons. The lowest BCUT2D eigenvalue weighted by Gasteiger charge is -2.18. The summed E-state index contributed by atoms with van der Waals surface area (Å²) in [6, 6.07) is 8.02. The number of esters is 1. The highest BCUT2D eigenvalue weighted by Crippen LogP contribution is 2.29. The van der Waals surface area contributed by atoms with Crippen molar-refractivity contribution in [3.05, 3.63) is 52.8 Å². The van der Waals surface area contributed by atoms with E-state index in [4.69, 9.17) is 16.3 Å². The first kappa shape index (κ1) is 13.8. The van der Waals surface area contributed by atoms with Crippen LogP contribution >= 0.6 is 11.6 Å². The number of fused-ring (bicyclic) bond motifs is 1. The first-order chi connectivity index (χ1) is 10.2. The van der Waals surface area contributed by atoms with Crippen LogP contribution in [0.1, 0.15) is 12.8 Å². The molecule has 1 heterocycles. The Kier molecular flexibility index (Phi) is 3.71. The molecule has 0 bridgehead atoms. The molecule has 0 fully saturated rings. The second-order valence-corrected chi connectivity index (χ2v) is 5.37. The first-order valence-corrected chi connectivity index (χ1v) is 7.07. The van der Waals surface area contributed by atoms with Crippen LogP contribution in [0, 0.1) is 0 Å². The van der Waals surface area contributed by atoms with Gasteiger partial charge in [0.1, 0.15) is 0 Å². The summed E-state index contributed by atoms with van der Waals surface area (Å²) in [6.07, 6.45) is 4.98. The molecular formula is C16H15ClN2O2. The molecule has 5 heteroatoms. The molecule has 0 spiro atoms. The molecule has 2 aromatic rings. The summed E-state index contributed by atoms with van der Waals surface area (Å²) in [6.45, 7) is 0. The van der Waals surface area contributed by atoms with E-state index in [1.807, 2.05) is 30.5 Å². The second-order valence-electron chi connectivity index (χ2n) is 4.88. The number of anilines is 1. The predicted molar refractivity (Wildman–Crippen MR) is 84.1 cm³/mol. The topological polar surface area (TPSA) is 54.1 Å². The molecule has 0 atom stereocenters. The number of aromatic amines is 1. The van der Waals surface area contributed by atoms with Gasteiger partial charge in [-0.25, -0.2) is 4.79 Å². The zero-order valence-electron chi connectivity index (χ0n) is 11.6. The maximum absolute atomic E-state index is 11.9. The number of H-pyrrole nitrogens is 1. The molecule has 1 aliphatic rings. The molecule has 3 rings (SSSR count). The van der Waals surface area contributed by atoms with Crippen molar-refractivity contribution < 1.29 is 9.53 Å². The number of rotatable bonds is 3. The van der Waals surface area contributed by atoms with E-state index in [0.29, 0.717) is 17.0 Å². The number of aromatic nitrogens is 1. The average molecular weight is 303 g/mol. The molecule has 0 aliphatic heterocycles. The number of hydrogen-bond acceptors (Lipinski definition) is 3. The minimum absolute atomic E-state index is 0.377. The third-order valence-corrected chi connectivity index (χ3v) is 3.79. The standard InChI is InChI=1S/C16H15ClN2O2/c1-21-16(20)13-9-11(17)2-4-15(13)19-12-3-5-14-10(8-12)6-7-18-14/h3,5-9,18-19H,2,4H2,1H3. The van der Waals surface area contributed by atoms with Gasteiger partial charge in [0.05, 0.1) is 12.7 Å². The molecule has 0 unspecified atom stereocenters. The monoisotopic (exact) mass is 302 g/mol. The van der Waals surface area contributed by atoms with Crippen LogP contribution in [0.2, 0.25) is 0 Å².